The van der Waals surface area contributed by atoms with E-state index in [0.29, 0.717) is 42.3 Å². The molecule has 0 heterocycles. The number of hydrogen-bond donors (Lipinski definition) is 0. The Hall–Kier alpha value is -2.54. The minimum Gasteiger partial charge on any atom is -0.493 e. The zero-order valence-electron chi connectivity index (χ0n) is 11.8. The van der Waals surface area contributed by atoms with Gasteiger partial charge in [-0.15, -0.1) is 0 Å². The van der Waals surface area contributed by atoms with Crippen molar-refractivity contribution in [2.45, 2.75) is 13.3 Å². The third kappa shape index (κ3) is 4.50. The zero-order valence-corrected chi connectivity index (χ0v) is 11.8. The maximum Gasteiger partial charge on any atom is 0.129 e. The highest BCUT2D eigenvalue weighted by atomic mass is 19.1. The minimum absolute atomic E-state index is 0.267. The number of ether oxygens (including phenoxy) is 2. The maximum atomic E-state index is 13.3. The molecule has 0 unspecified atom stereocenters. The van der Waals surface area contributed by atoms with E-state index in [-0.39, 0.29) is 5.82 Å². The van der Waals surface area contributed by atoms with Gasteiger partial charge >= 0.3 is 0 Å². The van der Waals surface area contributed by atoms with Crippen molar-refractivity contribution in [1.82, 2.24) is 0 Å². The fourth-order valence-electron chi connectivity index (χ4n) is 1.76. The standard InChI is InChI=1S/C17H16FNO2/c1-13-6-7-16(11-17(13)18)21-9-3-8-20-15-5-2-4-14(10-15)12-19/h2,4-7,10-11H,3,8-9H2,1H3. The molecule has 2 aromatic carbocycles. The molecule has 0 saturated heterocycles. The second-order valence-corrected chi connectivity index (χ2v) is 4.60. The van der Waals surface area contributed by atoms with Crippen molar-refractivity contribution in [3.8, 4) is 17.6 Å². The van der Waals surface area contributed by atoms with Crippen LogP contribution in [0.25, 0.3) is 0 Å². The van der Waals surface area contributed by atoms with E-state index in [0.717, 1.165) is 0 Å². The Balaban J connectivity index is 1.72. The Kier molecular flexibility index (Phi) is 5.16. The molecule has 0 aromatic heterocycles. The van der Waals surface area contributed by atoms with Crippen LogP contribution in [-0.4, -0.2) is 13.2 Å². The molecular formula is C17H16FNO2. The lowest BCUT2D eigenvalue weighted by atomic mass is 10.2. The Morgan fingerprint density at radius 3 is 2.43 bits per heavy atom. The van der Waals surface area contributed by atoms with Gasteiger partial charge in [0.1, 0.15) is 17.3 Å². The van der Waals surface area contributed by atoms with E-state index in [4.69, 9.17) is 14.7 Å². The van der Waals surface area contributed by atoms with Crippen LogP contribution in [0.15, 0.2) is 42.5 Å². The first-order valence-electron chi connectivity index (χ1n) is 6.71. The average molecular weight is 285 g/mol. The van der Waals surface area contributed by atoms with Gasteiger partial charge in [-0.05, 0) is 36.8 Å². The van der Waals surface area contributed by atoms with Crippen molar-refractivity contribution in [3.63, 3.8) is 0 Å². The van der Waals surface area contributed by atoms with Gasteiger partial charge in [-0.2, -0.15) is 5.26 Å². The highest BCUT2D eigenvalue weighted by Gasteiger charge is 2.00. The van der Waals surface area contributed by atoms with E-state index >= 15 is 0 Å². The van der Waals surface area contributed by atoms with Crippen LogP contribution in [0.5, 0.6) is 11.5 Å². The Morgan fingerprint density at radius 2 is 1.76 bits per heavy atom. The van der Waals surface area contributed by atoms with Crippen molar-refractivity contribution in [2.24, 2.45) is 0 Å². The highest BCUT2D eigenvalue weighted by Crippen LogP contribution is 2.16. The van der Waals surface area contributed by atoms with Gasteiger partial charge in [-0.3, -0.25) is 0 Å². The van der Waals surface area contributed by atoms with Crippen LogP contribution in [0, 0.1) is 24.1 Å². The fourth-order valence-corrected chi connectivity index (χ4v) is 1.76. The van der Waals surface area contributed by atoms with Crippen LogP contribution in [-0.2, 0) is 0 Å². The first kappa shape index (κ1) is 14.9. The molecule has 0 spiro atoms. The summed E-state index contributed by atoms with van der Waals surface area (Å²) in [5.74, 6) is 0.914. The second kappa shape index (κ2) is 7.30. The van der Waals surface area contributed by atoms with Gasteiger partial charge in [0.05, 0.1) is 24.8 Å². The lowest BCUT2D eigenvalue weighted by Gasteiger charge is -2.08. The molecule has 4 heteroatoms. The van der Waals surface area contributed by atoms with Crippen molar-refractivity contribution < 1.29 is 13.9 Å². The van der Waals surface area contributed by atoms with Gasteiger partial charge < -0.3 is 9.47 Å². The summed E-state index contributed by atoms with van der Waals surface area (Å²) < 4.78 is 24.3. The molecule has 0 atom stereocenters. The number of nitrogens with zero attached hydrogens (tertiary/aromatic N) is 1. The number of aryl methyl sites for hydroxylation is 1. The van der Waals surface area contributed by atoms with Crippen molar-refractivity contribution >= 4 is 0 Å². The number of hydrogen-bond acceptors (Lipinski definition) is 3. The van der Waals surface area contributed by atoms with Gasteiger partial charge in [0, 0.05) is 12.5 Å². The molecule has 0 aliphatic rings. The quantitative estimate of drug-likeness (QED) is 0.757. The molecule has 0 aliphatic heterocycles. The molecule has 2 rings (SSSR count). The molecule has 0 saturated carbocycles. The smallest absolute Gasteiger partial charge is 0.129 e. The summed E-state index contributed by atoms with van der Waals surface area (Å²) in [4.78, 5) is 0. The SMILES string of the molecule is Cc1ccc(OCCCOc2cccc(C#N)c2)cc1F. The van der Waals surface area contributed by atoms with Gasteiger partial charge in [-0.25, -0.2) is 4.39 Å². The molecule has 0 amide bonds. The van der Waals surface area contributed by atoms with Crippen LogP contribution in [0.4, 0.5) is 4.39 Å². The van der Waals surface area contributed by atoms with E-state index in [9.17, 15) is 4.39 Å². The first-order chi connectivity index (χ1) is 10.2. The molecule has 108 valence electrons. The van der Waals surface area contributed by atoms with Crippen LogP contribution in [0.1, 0.15) is 17.5 Å². The summed E-state index contributed by atoms with van der Waals surface area (Å²) in [6.45, 7) is 2.63. The molecular weight excluding hydrogens is 269 g/mol. The van der Waals surface area contributed by atoms with E-state index in [1.54, 1.807) is 43.3 Å². The van der Waals surface area contributed by atoms with Gasteiger partial charge in [0.15, 0.2) is 0 Å². The van der Waals surface area contributed by atoms with Crippen LogP contribution >= 0.6 is 0 Å². The largest absolute Gasteiger partial charge is 0.493 e. The highest BCUT2D eigenvalue weighted by molar-refractivity contribution is 5.36. The van der Waals surface area contributed by atoms with E-state index < -0.39 is 0 Å². The number of benzene rings is 2. The van der Waals surface area contributed by atoms with Crippen LogP contribution in [0.2, 0.25) is 0 Å². The maximum absolute atomic E-state index is 13.3. The summed E-state index contributed by atoms with van der Waals surface area (Å²) >= 11 is 0. The lowest BCUT2D eigenvalue weighted by molar-refractivity contribution is 0.247. The Bertz CT molecular complexity index is 649. The molecule has 0 radical (unpaired) electrons. The molecule has 0 aliphatic carbocycles. The van der Waals surface area contributed by atoms with E-state index in [1.165, 1.54) is 6.07 Å². The van der Waals surface area contributed by atoms with Crippen LogP contribution in [0.3, 0.4) is 0 Å². The second-order valence-electron chi connectivity index (χ2n) is 4.60. The third-order valence-electron chi connectivity index (χ3n) is 2.93. The van der Waals surface area contributed by atoms with Crippen LogP contribution < -0.4 is 9.47 Å². The summed E-state index contributed by atoms with van der Waals surface area (Å²) in [6, 6.07) is 13.9. The van der Waals surface area contributed by atoms with Gasteiger partial charge in [-0.1, -0.05) is 12.1 Å². The third-order valence-corrected chi connectivity index (χ3v) is 2.93. The summed E-state index contributed by atoms with van der Waals surface area (Å²) in [5.41, 5.74) is 1.17. The number of rotatable bonds is 6. The van der Waals surface area contributed by atoms with Gasteiger partial charge in [0.2, 0.25) is 0 Å². The summed E-state index contributed by atoms with van der Waals surface area (Å²) in [7, 11) is 0. The van der Waals surface area contributed by atoms with E-state index in [2.05, 4.69) is 6.07 Å². The number of halogens is 1. The van der Waals surface area contributed by atoms with Crippen molar-refractivity contribution in [2.75, 3.05) is 13.2 Å². The summed E-state index contributed by atoms with van der Waals surface area (Å²) in [6.07, 6.45) is 0.673. The lowest BCUT2D eigenvalue weighted by Crippen LogP contribution is -2.05. The predicted molar refractivity (Wildman–Crippen MR) is 77.9 cm³/mol. The van der Waals surface area contributed by atoms with Crippen molar-refractivity contribution in [3.05, 3.63) is 59.4 Å². The zero-order chi connectivity index (χ0) is 15.1. The molecule has 21 heavy (non-hydrogen) atoms. The minimum atomic E-state index is -0.267. The normalized spacial score (nSPS) is 9.95. The molecule has 0 N–H and O–H groups in total. The van der Waals surface area contributed by atoms with E-state index in [1.807, 2.05) is 0 Å². The molecule has 0 fully saturated rings. The van der Waals surface area contributed by atoms with Gasteiger partial charge in [0.25, 0.3) is 0 Å². The molecule has 0 bridgehead atoms. The average Bonchev–Trinajstić information content (AvgIpc) is 2.50. The topological polar surface area (TPSA) is 42.2 Å². The monoisotopic (exact) mass is 285 g/mol. The Morgan fingerprint density at radius 1 is 1.05 bits per heavy atom. The molecule has 3 nitrogen and oxygen atoms in total. The van der Waals surface area contributed by atoms with Crippen molar-refractivity contribution in [1.29, 1.82) is 5.26 Å². The first-order valence-corrected chi connectivity index (χ1v) is 6.71. The number of nitriles is 1. The summed E-state index contributed by atoms with van der Waals surface area (Å²) in [5, 5.41) is 8.78. The Labute approximate surface area is 123 Å². The molecule has 2 aromatic rings. The fraction of sp³-hybridized carbons (Fsp3) is 0.235. The predicted octanol–water partition coefficient (Wildman–Crippen LogP) is 3.85.